The predicted molar refractivity (Wildman–Crippen MR) is 255 cm³/mol. The SMILES string of the molecule is OC[C@@H]1O[C@H](Oc2c(O)cc3c(c2O)[C@H](c2ccc(O)cc2)[C@H]2c4c(c(O)c(O[C@H]5O[C@@H](CO)[C@H](O)[C@@H](O)[C@@H]5O)c5c4[C@H](c4cc(O)cc(O)c4)[C@@H](c4ccc(O)cc4)O5)[C@H](c4ccc(O)cc4)[C@@H]32)[C@@H](O)[C@H](O)[C@H]1O. The number of fused-ring (bicyclic) bond motifs is 7. The third-order valence-corrected chi connectivity index (χ3v) is 15.3. The highest BCUT2D eigenvalue weighted by molar-refractivity contribution is 5.78. The number of phenols is 8. The first-order valence-electron chi connectivity index (χ1n) is 23.9. The van der Waals surface area contributed by atoms with Gasteiger partial charge in [0.1, 0.15) is 83.7 Å². The van der Waals surface area contributed by atoms with E-state index >= 15 is 0 Å². The second-order valence-corrected chi connectivity index (χ2v) is 19.5. The van der Waals surface area contributed by atoms with E-state index in [9.17, 15) is 81.7 Å². The fraction of sp³-hybridized carbons (Fsp3) is 0.333. The predicted octanol–water partition coefficient (Wildman–Crippen LogP) is 2.11. The molecule has 16 N–H and O–H groups in total. The molecule has 11 rings (SSSR count). The number of hydrogen-bond acceptors (Lipinski definition) is 21. The van der Waals surface area contributed by atoms with Crippen LogP contribution in [0.4, 0.5) is 0 Å². The highest BCUT2D eigenvalue weighted by Gasteiger charge is 2.60. The quantitative estimate of drug-likeness (QED) is 0.0934. The topological polar surface area (TPSA) is 370 Å². The lowest BCUT2D eigenvalue weighted by molar-refractivity contribution is -0.277. The molecule has 0 amide bonds. The van der Waals surface area contributed by atoms with Gasteiger partial charge in [-0.1, -0.05) is 36.4 Å². The Bertz CT molecular complexity index is 3110. The summed E-state index contributed by atoms with van der Waals surface area (Å²) in [6, 6.07) is 23.0. The van der Waals surface area contributed by atoms with Gasteiger partial charge in [0.2, 0.25) is 24.1 Å². The summed E-state index contributed by atoms with van der Waals surface area (Å²) in [5.41, 5.74) is 2.61. The highest BCUT2D eigenvalue weighted by atomic mass is 16.7. The summed E-state index contributed by atoms with van der Waals surface area (Å²) >= 11 is 0. The molecule has 0 radical (unpaired) electrons. The molecule has 2 saturated heterocycles. The van der Waals surface area contributed by atoms with Crippen LogP contribution in [0, 0.1) is 0 Å². The normalized spacial score (nSPS) is 31.5. The van der Waals surface area contributed by atoms with Gasteiger partial charge in [-0.05, 0) is 88.0 Å². The Kier molecular flexibility index (Phi) is 12.5. The maximum atomic E-state index is 13.2. The lowest BCUT2D eigenvalue weighted by Crippen LogP contribution is -2.60. The van der Waals surface area contributed by atoms with Gasteiger partial charge in [0.15, 0.2) is 23.0 Å². The van der Waals surface area contributed by atoms with Gasteiger partial charge in [-0.15, -0.1) is 0 Å². The number of rotatable bonds is 10. The standard InChI is InChI=1S/C54H52O21/c55-17-30-41(63)45(67)47(69)53(71-30)74-50-29(62)16-28-35-32(19-1-7-23(57)8-2-19)39-38(37(35)33(36(28)43(50)65)20-3-9-24(58)10-4-20)40-34(22-13-26(60)15-27(61)14-22)49(21-5-11-25(59)12-6-21)73-51(40)52(44(39)66)75-54-48(70)46(68)42(64)31(18-56)72-54/h1-16,30-35,37,41-42,45-49,53-70H,17-18H2/t30-,31-,32+,33-,34-,35+,37+,41-,42-,45+,46+,47-,48-,49+,53+,54+/m0/s1. The summed E-state index contributed by atoms with van der Waals surface area (Å²) in [4.78, 5) is 0. The van der Waals surface area contributed by atoms with Crippen molar-refractivity contribution in [1.29, 1.82) is 0 Å². The van der Waals surface area contributed by atoms with Crippen LogP contribution in [0.15, 0.2) is 97.1 Å². The minimum Gasteiger partial charge on any atom is -0.508 e. The Hall–Kier alpha value is -7.28. The van der Waals surface area contributed by atoms with Crippen molar-refractivity contribution < 1.29 is 105 Å². The molecule has 0 bridgehead atoms. The zero-order valence-electron chi connectivity index (χ0n) is 39.1. The van der Waals surface area contributed by atoms with Crippen LogP contribution in [-0.2, 0) is 9.47 Å². The molecule has 75 heavy (non-hydrogen) atoms. The Balaban J connectivity index is 1.21. The summed E-state index contributed by atoms with van der Waals surface area (Å²) < 4.78 is 30.7. The Morgan fingerprint density at radius 2 is 0.853 bits per heavy atom. The van der Waals surface area contributed by atoms with Gasteiger partial charge in [0.25, 0.3) is 0 Å². The molecular formula is C54H52O21. The molecule has 394 valence electrons. The number of aliphatic hydroxyl groups excluding tert-OH is 8. The van der Waals surface area contributed by atoms with Gasteiger partial charge < -0.3 is 105 Å². The van der Waals surface area contributed by atoms with Crippen LogP contribution < -0.4 is 14.2 Å². The van der Waals surface area contributed by atoms with Crippen molar-refractivity contribution >= 4 is 0 Å². The van der Waals surface area contributed by atoms with Crippen molar-refractivity contribution in [2.45, 2.75) is 97.1 Å². The summed E-state index contributed by atoms with van der Waals surface area (Å²) in [5, 5.41) is 177. The molecule has 0 unspecified atom stereocenters. The molecule has 21 nitrogen and oxygen atoms in total. The first-order chi connectivity index (χ1) is 35.9. The largest absolute Gasteiger partial charge is 0.508 e. The number of phenolic OH excluding ortho intramolecular Hbond substituents is 8. The van der Waals surface area contributed by atoms with E-state index in [1.165, 1.54) is 54.6 Å². The van der Waals surface area contributed by atoms with Gasteiger partial charge >= 0.3 is 0 Å². The average Bonchev–Trinajstić information content (AvgIpc) is 4.05. The maximum absolute atomic E-state index is 13.2. The number of aliphatic hydroxyl groups is 8. The molecule has 2 aliphatic carbocycles. The highest BCUT2D eigenvalue weighted by Crippen LogP contribution is 2.74. The van der Waals surface area contributed by atoms with Crippen molar-refractivity contribution in [3.05, 3.63) is 147 Å². The lowest BCUT2D eigenvalue weighted by atomic mass is 9.75. The van der Waals surface area contributed by atoms with Crippen LogP contribution in [0.5, 0.6) is 63.2 Å². The van der Waals surface area contributed by atoms with Gasteiger partial charge in [-0.3, -0.25) is 0 Å². The van der Waals surface area contributed by atoms with Crippen molar-refractivity contribution in [2.24, 2.45) is 0 Å². The lowest BCUT2D eigenvalue weighted by Gasteiger charge is -2.40. The Morgan fingerprint density at radius 3 is 1.35 bits per heavy atom. The third kappa shape index (κ3) is 8.02. The molecule has 5 aliphatic rings. The van der Waals surface area contributed by atoms with Gasteiger partial charge in [0, 0.05) is 46.4 Å². The van der Waals surface area contributed by atoms with Crippen LogP contribution in [0.2, 0.25) is 0 Å². The van der Waals surface area contributed by atoms with Gasteiger partial charge in [-0.25, -0.2) is 0 Å². The van der Waals surface area contributed by atoms with E-state index in [1.807, 2.05) is 0 Å². The summed E-state index contributed by atoms with van der Waals surface area (Å²) in [6.45, 7) is -1.65. The molecule has 6 aromatic rings. The second kappa shape index (κ2) is 18.8. The molecular weight excluding hydrogens is 985 g/mol. The van der Waals surface area contributed by atoms with Crippen molar-refractivity contribution in [1.82, 2.24) is 0 Å². The number of hydrogen-bond donors (Lipinski definition) is 16. The second-order valence-electron chi connectivity index (χ2n) is 19.5. The molecule has 6 aromatic carbocycles. The van der Waals surface area contributed by atoms with Crippen molar-refractivity contribution in [3.63, 3.8) is 0 Å². The molecule has 3 aliphatic heterocycles. The van der Waals surface area contributed by atoms with E-state index in [-0.39, 0.29) is 62.3 Å². The first kappa shape index (κ1) is 49.9. The van der Waals surface area contributed by atoms with E-state index in [0.717, 1.165) is 6.07 Å². The molecule has 0 spiro atoms. The maximum Gasteiger partial charge on any atom is 0.229 e. The number of benzene rings is 6. The molecule has 16 atom stereocenters. The van der Waals surface area contributed by atoms with Crippen LogP contribution in [0.1, 0.15) is 85.8 Å². The molecule has 0 aromatic heterocycles. The fourth-order valence-electron chi connectivity index (χ4n) is 11.9. The molecule has 21 heteroatoms. The van der Waals surface area contributed by atoms with Crippen LogP contribution in [-0.4, -0.2) is 156 Å². The van der Waals surface area contributed by atoms with E-state index in [0.29, 0.717) is 22.3 Å². The molecule has 3 heterocycles. The molecule has 0 saturated carbocycles. The fourth-order valence-corrected chi connectivity index (χ4v) is 11.9. The van der Waals surface area contributed by atoms with Gasteiger partial charge in [0.05, 0.1) is 19.1 Å². The average molecular weight is 1040 g/mol. The summed E-state index contributed by atoms with van der Waals surface area (Å²) in [6.07, 6.45) is -19.2. The number of aromatic hydroxyl groups is 8. The van der Waals surface area contributed by atoms with Crippen LogP contribution >= 0.6 is 0 Å². The summed E-state index contributed by atoms with van der Waals surface area (Å²) in [7, 11) is 0. The summed E-state index contributed by atoms with van der Waals surface area (Å²) in [5.74, 6) is -9.57. The first-order valence-corrected chi connectivity index (χ1v) is 23.9. The van der Waals surface area contributed by atoms with E-state index < -0.39 is 139 Å². The van der Waals surface area contributed by atoms with Crippen LogP contribution in [0.3, 0.4) is 0 Å². The minimum absolute atomic E-state index is 0.107. The zero-order valence-corrected chi connectivity index (χ0v) is 39.1. The molecule has 2 fully saturated rings. The minimum atomic E-state index is -2.00. The van der Waals surface area contributed by atoms with Gasteiger partial charge in [-0.2, -0.15) is 0 Å². The third-order valence-electron chi connectivity index (χ3n) is 15.3. The smallest absolute Gasteiger partial charge is 0.229 e. The van der Waals surface area contributed by atoms with E-state index in [4.69, 9.17) is 23.7 Å². The zero-order chi connectivity index (χ0) is 53.0. The Morgan fingerprint density at radius 1 is 0.400 bits per heavy atom. The van der Waals surface area contributed by atoms with Crippen molar-refractivity contribution in [2.75, 3.05) is 13.2 Å². The van der Waals surface area contributed by atoms with Crippen LogP contribution in [0.25, 0.3) is 0 Å². The van der Waals surface area contributed by atoms with E-state index in [1.54, 1.807) is 36.4 Å². The van der Waals surface area contributed by atoms with E-state index in [2.05, 4.69) is 0 Å². The Labute approximate surface area is 425 Å². The number of ether oxygens (including phenoxy) is 5. The van der Waals surface area contributed by atoms with Crippen molar-refractivity contribution in [3.8, 4) is 63.2 Å². The monoisotopic (exact) mass is 1040 g/mol.